The Labute approximate surface area is 123 Å². The predicted octanol–water partition coefficient (Wildman–Crippen LogP) is 3.07. The SMILES string of the molecule is CNCC1CCCN(C(=O)c2c(Cl)cccc2Cl)C1. The summed E-state index contributed by atoms with van der Waals surface area (Å²) in [5.41, 5.74) is 0.427. The van der Waals surface area contributed by atoms with E-state index < -0.39 is 0 Å². The molecule has 0 spiro atoms. The number of hydrogen-bond donors (Lipinski definition) is 1. The summed E-state index contributed by atoms with van der Waals surface area (Å²) in [4.78, 5) is 14.4. The van der Waals surface area contributed by atoms with Gasteiger partial charge in [-0.1, -0.05) is 29.3 Å². The maximum absolute atomic E-state index is 12.5. The molecule has 1 unspecified atom stereocenters. The van der Waals surface area contributed by atoms with Crippen molar-refractivity contribution in [3.63, 3.8) is 0 Å². The largest absolute Gasteiger partial charge is 0.338 e. The van der Waals surface area contributed by atoms with E-state index in [1.807, 2.05) is 11.9 Å². The van der Waals surface area contributed by atoms with E-state index >= 15 is 0 Å². The summed E-state index contributed by atoms with van der Waals surface area (Å²) in [6, 6.07) is 5.16. The molecule has 1 N–H and O–H groups in total. The van der Waals surface area contributed by atoms with E-state index in [9.17, 15) is 4.79 Å². The van der Waals surface area contributed by atoms with Crippen LogP contribution >= 0.6 is 23.2 Å². The van der Waals surface area contributed by atoms with Crippen molar-refractivity contribution in [2.24, 2.45) is 5.92 Å². The van der Waals surface area contributed by atoms with Crippen LogP contribution in [0.2, 0.25) is 10.0 Å². The lowest BCUT2D eigenvalue weighted by Crippen LogP contribution is -2.42. The number of nitrogens with zero attached hydrogens (tertiary/aromatic N) is 1. The molecule has 0 aromatic heterocycles. The molecule has 1 aliphatic heterocycles. The van der Waals surface area contributed by atoms with Gasteiger partial charge in [-0.05, 0) is 44.5 Å². The van der Waals surface area contributed by atoms with Crippen LogP contribution in [0.5, 0.6) is 0 Å². The number of rotatable bonds is 3. The van der Waals surface area contributed by atoms with Crippen molar-refractivity contribution in [2.45, 2.75) is 12.8 Å². The van der Waals surface area contributed by atoms with Crippen molar-refractivity contribution in [3.05, 3.63) is 33.8 Å². The highest BCUT2D eigenvalue weighted by molar-refractivity contribution is 6.39. The molecule has 1 atom stereocenters. The fraction of sp³-hybridized carbons (Fsp3) is 0.500. The number of likely N-dealkylation sites (tertiary alicyclic amines) is 1. The number of benzene rings is 1. The minimum Gasteiger partial charge on any atom is -0.338 e. The van der Waals surface area contributed by atoms with Crippen LogP contribution in [0.3, 0.4) is 0 Å². The molecular formula is C14H18Cl2N2O. The maximum atomic E-state index is 12.5. The summed E-state index contributed by atoms with van der Waals surface area (Å²) < 4.78 is 0. The van der Waals surface area contributed by atoms with Crippen LogP contribution in [0.15, 0.2) is 18.2 Å². The van der Waals surface area contributed by atoms with Crippen molar-refractivity contribution in [2.75, 3.05) is 26.7 Å². The highest BCUT2D eigenvalue weighted by atomic mass is 35.5. The molecule has 1 aromatic rings. The van der Waals surface area contributed by atoms with Gasteiger partial charge in [-0.3, -0.25) is 4.79 Å². The molecule has 1 fully saturated rings. The van der Waals surface area contributed by atoms with Crippen LogP contribution in [-0.2, 0) is 0 Å². The van der Waals surface area contributed by atoms with Crippen LogP contribution in [0.25, 0.3) is 0 Å². The van der Waals surface area contributed by atoms with Crippen molar-refractivity contribution >= 4 is 29.1 Å². The third kappa shape index (κ3) is 3.41. The molecule has 3 nitrogen and oxygen atoms in total. The number of carbonyl (C=O) groups is 1. The first-order chi connectivity index (χ1) is 9.13. The number of halogens is 2. The van der Waals surface area contributed by atoms with E-state index in [0.29, 0.717) is 21.5 Å². The van der Waals surface area contributed by atoms with Crippen molar-refractivity contribution in [3.8, 4) is 0 Å². The normalized spacial score (nSPS) is 19.5. The second-order valence-electron chi connectivity index (χ2n) is 4.91. The quantitative estimate of drug-likeness (QED) is 0.930. The molecule has 0 radical (unpaired) electrons. The Bertz CT molecular complexity index is 443. The third-order valence-electron chi connectivity index (χ3n) is 3.48. The molecule has 1 saturated heterocycles. The van der Waals surface area contributed by atoms with Crippen LogP contribution in [0, 0.1) is 5.92 Å². The molecule has 104 valence electrons. The smallest absolute Gasteiger partial charge is 0.256 e. The van der Waals surface area contributed by atoms with E-state index in [2.05, 4.69) is 5.32 Å². The first kappa shape index (κ1) is 14.6. The van der Waals surface area contributed by atoms with Crippen molar-refractivity contribution < 1.29 is 4.79 Å². The summed E-state index contributed by atoms with van der Waals surface area (Å²) >= 11 is 12.2. The van der Waals surface area contributed by atoms with E-state index in [1.54, 1.807) is 18.2 Å². The lowest BCUT2D eigenvalue weighted by molar-refractivity contribution is 0.0674. The summed E-state index contributed by atoms with van der Waals surface area (Å²) in [6.45, 7) is 2.47. The Morgan fingerprint density at radius 2 is 2.11 bits per heavy atom. The van der Waals surface area contributed by atoms with Gasteiger partial charge in [0.05, 0.1) is 15.6 Å². The molecule has 19 heavy (non-hydrogen) atoms. The second-order valence-corrected chi connectivity index (χ2v) is 5.73. The predicted molar refractivity (Wildman–Crippen MR) is 79.0 cm³/mol. The van der Waals surface area contributed by atoms with Gasteiger partial charge in [0.25, 0.3) is 5.91 Å². The molecule has 2 rings (SSSR count). The van der Waals surface area contributed by atoms with Gasteiger partial charge in [0.15, 0.2) is 0 Å². The zero-order valence-electron chi connectivity index (χ0n) is 11.0. The van der Waals surface area contributed by atoms with Crippen LogP contribution < -0.4 is 5.32 Å². The van der Waals surface area contributed by atoms with Gasteiger partial charge < -0.3 is 10.2 Å². The van der Waals surface area contributed by atoms with Crippen LogP contribution in [0.4, 0.5) is 0 Å². The Hall–Kier alpha value is -0.770. The monoisotopic (exact) mass is 300 g/mol. The second kappa shape index (κ2) is 6.60. The highest BCUT2D eigenvalue weighted by Crippen LogP contribution is 2.27. The van der Waals surface area contributed by atoms with Gasteiger partial charge in [0.1, 0.15) is 0 Å². The average Bonchev–Trinajstić information content (AvgIpc) is 2.39. The Balaban J connectivity index is 2.15. The van der Waals surface area contributed by atoms with Gasteiger partial charge in [0, 0.05) is 13.1 Å². The summed E-state index contributed by atoms with van der Waals surface area (Å²) in [6.07, 6.45) is 2.18. The summed E-state index contributed by atoms with van der Waals surface area (Å²) in [5.74, 6) is 0.445. The number of amides is 1. The standard InChI is InChI=1S/C14H18Cl2N2O/c1-17-8-10-4-3-7-18(9-10)14(19)13-11(15)5-2-6-12(13)16/h2,5-6,10,17H,3-4,7-9H2,1H3. The molecule has 0 bridgehead atoms. The zero-order valence-corrected chi connectivity index (χ0v) is 12.5. The van der Waals surface area contributed by atoms with Crippen molar-refractivity contribution in [1.29, 1.82) is 0 Å². The number of piperidine rings is 1. The molecule has 1 aromatic carbocycles. The fourth-order valence-corrected chi connectivity index (χ4v) is 3.12. The fourth-order valence-electron chi connectivity index (χ4n) is 2.57. The Morgan fingerprint density at radius 1 is 1.42 bits per heavy atom. The molecule has 1 amide bonds. The van der Waals surface area contributed by atoms with E-state index in [-0.39, 0.29) is 5.91 Å². The molecular weight excluding hydrogens is 283 g/mol. The first-order valence-electron chi connectivity index (χ1n) is 6.51. The summed E-state index contributed by atoms with van der Waals surface area (Å²) in [5, 5.41) is 4.02. The molecule has 1 heterocycles. The van der Waals surface area contributed by atoms with Crippen molar-refractivity contribution in [1.82, 2.24) is 10.2 Å². The maximum Gasteiger partial charge on any atom is 0.256 e. The van der Waals surface area contributed by atoms with E-state index in [4.69, 9.17) is 23.2 Å². The molecule has 0 saturated carbocycles. The lowest BCUT2D eigenvalue weighted by Gasteiger charge is -2.33. The Kier molecular flexibility index (Phi) is 5.08. The highest BCUT2D eigenvalue weighted by Gasteiger charge is 2.26. The third-order valence-corrected chi connectivity index (χ3v) is 4.11. The minimum absolute atomic E-state index is 0.0589. The molecule has 1 aliphatic rings. The van der Waals surface area contributed by atoms with Gasteiger partial charge in [-0.15, -0.1) is 0 Å². The topological polar surface area (TPSA) is 32.3 Å². The molecule has 5 heteroatoms. The molecule has 0 aliphatic carbocycles. The number of hydrogen-bond acceptors (Lipinski definition) is 2. The summed E-state index contributed by atoms with van der Waals surface area (Å²) in [7, 11) is 1.94. The van der Waals surface area contributed by atoms with E-state index in [1.165, 1.54) is 0 Å². The number of carbonyl (C=O) groups excluding carboxylic acids is 1. The van der Waals surface area contributed by atoms with Gasteiger partial charge >= 0.3 is 0 Å². The minimum atomic E-state index is -0.0589. The van der Waals surface area contributed by atoms with E-state index in [0.717, 1.165) is 32.5 Å². The average molecular weight is 301 g/mol. The van der Waals surface area contributed by atoms with Gasteiger partial charge in [-0.25, -0.2) is 0 Å². The van der Waals surface area contributed by atoms with Crippen LogP contribution in [0.1, 0.15) is 23.2 Å². The lowest BCUT2D eigenvalue weighted by atomic mass is 9.97. The first-order valence-corrected chi connectivity index (χ1v) is 7.27. The number of nitrogens with one attached hydrogen (secondary N) is 1. The van der Waals surface area contributed by atoms with Crippen LogP contribution in [-0.4, -0.2) is 37.5 Å². The zero-order chi connectivity index (χ0) is 13.8. The van der Waals surface area contributed by atoms with Gasteiger partial charge in [0.2, 0.25) is 0 Å². The Morgan fingerprint density at radius 3 is 2.74 bits per heavy atom. The van der Waals surface area contributed by atoms with Gasteiger partial charge in [-0.2, -0.15) is 0 Å².